The van der Waals surface area contributed by atoms with E-state index in [1.807, 2.05) is 4.90 Å². The predicted molar refractivity (Wildman–Crippen MR) is 79.2 cm³/mol. The molecule has 1 unspecified atom stereocenters. The summed E-state index contributed by atoms with van der Waals surface area (Å²) in [5, 5.41) is 9.40. The molecule has 1 aliphatic heterocycles. The second-order valence-electron chi connectivity index (χ2n) is 5.18. The Hall–Kier alpha value is -1.31. The van der Waals surface area contributed by atoms with E-state index in [4.69, 9.17) is 5.73 Å². The van der Waals surface area contributed by atoms with Crippen LogP contribution >= 0.6 is 0 Å². The fourth-order valence-electron chi connectivity index (χ4n) is 2.49. The first-order valence-corrected chi connectivity index (χ1v) is 8.01. The summed E-state index contributed by atoms with van der Waals surface area (Å²) in [5.74, 6) is 0. The molecule has 1 aliphatic rings. The molecule has 1 fully saturated rings. The molecule has 0 saturated carbocycles. The lowest BCUT2D eigenvalue weighted by atomic mass is 10.2. The quantitative estimate of drug-likeness (QED) is 0.790. The molecule has 3 N–H and O–H groups in total. The molecule has 1 heterocycles. The van der Waals surface area contributed by atoms with Gasteiger partial charge in [0.15, 0.2) is 0 Å². The van der Waals surface area contributed by atoms with Crippen molar-refractivity contribution in [3.05, 3.63) is 18.2 Å². The molecule has 112 valence electrons. The first-order valence-electron chi connectivity index (χ1n) is 6.57. The molecular weight excluding hydrogens is 278 g/mol. The average molecular weight is 299 g/mol. The molecule has 1 saturated heterocycles. The SMILES string of the molecule is CN(C)S(=O)(=O)c1ccc(N)c(N2CCCC2CO)c1. The van der Waals surface area contributed by atoms with Crippen LogP contribution < -0.4 is 10.6 Å². The molecule has 0 amide bonds. The Balaban J connectivity index is 2.45. The van der Waals surface area contributed by atoms with E-state index < -0.39 is 10.0 Å². The van der Waals surface area contributed by atoms with Crippen molar-refractivity contribution >= 4 is 21.4 Å². The smallest absolute Gasteiger partial charge is 0.242 e. The molecule has 6 nitrogen and oxygen atoms in total. The normalized spacial score (nSPS) is 19.8. The Morgan fingerprint density at radius 1 is 1.45 bits per heavy atom. The molecule has 1 aromatic carbocycles. The van der Waals surface area contributed by atoms with Gasteiger partial charge in [0.1, 0.15) is 0 Å². The molecule has 0 bridgehead atoms. The Morgan fingerprint density at radius 2 is 2.15 bits per heavy atom. The number of hydrogen-bond acceptors (Lipinski definition) is 5. The number of nitrogens with zero attached hydrogens (tertiary/aromatic N) is 2. The zero-order chi connectivity index (χ0) is 14.9. The molecule has 0 spiro atoms. The number of aliphatic hydroxyl groups is 1. The van der Waals surface area contributed by atoms with Crippen LogP contribution in [0.5, 0.6) is 0 Å². The zero-order valence-electron chi connectivity index (χ0n) is 11.8. The van der Waals surface area contributed by atoms with Crippen molar-refractivity contribution in [2.75, 3.05) is 37.9 Å². The van der Waals surface area contributed by atoms with E-state index in [0.29, 0.717) is 11.4 Å². The summed E-state index contributed by atoms with van der Waals surface area (Å²) in [6.45, 7) is 0.824. The van der Waals surface area contributed by atoms with Gasteiger partial charge < -0.3 is 15.7 Å². The number of nitrogen functional groups attached to an aromatic ring is 1. The van der Waals surface area contributed by atoms with Crippen LogP contribution in [-0.4, -0.2) is 51.1 Å². The summed E-state index contributed by atoms with van der Waals surface area (Å²) in [5.41, 5.74) is 7.19. The summed E-state index contributed by atoms with van der Waals surface area (Å²) in [6, 6.07) is 4.73. The van der Waals surface area contributed by atoms with Crippen molar-refractivity contribution in [2.24, 2.45) is 0 Å². The van der Waals surface area contributed by atoms with Crippen molar-refractivity contribution in [3.8, 4) is 0 Å². The van der Waals surface area contributed by atoms with Gasteiger partial charge in [-0.15, -0.1) is 0 Å². The van der Waals surface area contributed by atoms with E-state index in [9.17, 15) is 13.5 Å². The minimum atomic E-state index is -3.48. The Kier molecular flexibility index (Phi) is 4.22. The fourth-order valence-corrected chi connectivity index (χ4v) is 3.41. The first-order chi connectivity index (χ1) is 9.37. The molecule has 0 aromatic heterocycles. The van der Waals surface area contributed by atoms with E-state index in [1.54, 1.807) is 12.1 Å². The molecular formula is C13H21N3O3S. The summed E-state index contributed by atoms with van der Waals surface area (Å²) < 4.78 is 25.5. The number of rotatable bonds is 4. The van der Waals surface area contributed by atoms with E-state index >= 15 is 0 Å². The van der Waals surface area contributed by atoms with Gasteiger partial charge in [-0.2, -0.15) is 0 Å². The number of sulfonamides is 1. The standard InChI is InChI=1S/C13H21N3O3S/c1-15(2)20(18,19)11-5-6-12(14)13(8-11)16-7-3-4-10(16)9-17/h5-6,8,10,17H,3-4,7,9,14H2,1-2H3. The summed E-state index contributed by atoms with van der Waals surface area (Å²) in [4.78, 5) is 2.21. The fraction of sp³-hybridized carbons (Fsp3) is 0.538. The average Bonchev–Trinajstić information content (AvgIpc) is 2.86. The van der Waals surface area contributed by atoms with Crippen LogP contribution in [0.25, 0.3) is 0 Å². The largest absolute Gasteiger partial charge is 0.397 e. The lowest BCUT2D eigenvalue weighted by molar-refractivity contribution is 0.266. The highest BCUT2D eigenvalue weighted by molar-refractivity contribution is 7.89. The van der Waals surface area contributed by atoms with Crippen LogP contribution in [0.2, 0.25) is 0 Å². The van der Waals surface area contributed by atoms with Crippen molar-refractivity contribution in [1.29, 1.82) is 0 Å². The maximum absolute atomic E-state index is 12.2. The van der Waals surface area contributed by atoms with Crippen LogP contribution in [-0.2, 0) is 10.0 Å². The lowest BCUT2D eigenvalue weighted by Crippen LogP contribution is -2.33. The van der Waals surface area contributed by atoms with Crippen molar-refractivity contribution in [1.82, 2.24) is 4.31 Å². The number of anilines is 2. The van der Waals surface area contributed by atoms with Gasteiger partial charge in [-0.05, 0) is 31.0 Å². The predicted octanol–water partition coefficient (Wildman–Crippen LogP) is 0.480. The minimum absolute atomic E-state index is 0.00890. The third-order valence-corrected chi connectivity index (χ3v) is 5.49. The highest BCUT2D eigenvalue weighted by atomic mass is 32.2. The summed E-state index contributed by atoms with van der Waals surface area (Å²) in [6.07, 6.45) is 1.86. The molecule has 20 heavy (non-hydrogen) atoms. The Labute approximate surface area is 119 Å². The Bertz CT molecular complexity index is 587. The first kappa shape index (κ1) is 15.1. The third-order valence-electron chi connectivity index (χ3n) is 3.68. The van der Waals surface area contributed by atoms with Crippen molar-refractivity contribution in [2.45, 2.75) is 23.8 Å². The van der Waals surface area contributed by atoms with Crippen molar-refractivity contribution < 1.29 is 13.5 Å². The number of nitrogens with two attached hydrogens (primary N) is 1. The molecule has 7 heteroatoms. The van der Waals surface area contributed by atoms with Gasteiger partial charge in [0.2, 0.25) is 10.0 Å². The van der Waals surface area contributed by atoms with E-state index in [0.717, 1.165) is 19.4 Å². The van der Waals surface area contributed by atoms with Gasteiger partial charge >= 0.3 is 0 Å². The third kappa shape index (κ3) is 2.61. The van der Waals surface area contributed by atoms with Gasteiger partial charge in [0.25, 0.3) is 0 Å². The Morgan fingerprint density at radius 3 is 2.75 bits per heavy atom. The van der Waals surface area contributed by atoms with Crippen LogP contribution in [0.4, 0.5) is 11.4 Å². The van der Waals surface area contributed by atoms with Gasteiger partial charge in [0, 0.05) is 20.6 Å². The van der Waals surface area contributed by atoms with E-state index in [1.165, 1.54) is 24.5 Å². The van der Waals surface area contributed by atoms with Gasteiger partial charge in [-0.25, -0.2) is 12.7 Å². The molecule has 1 aromatic rings. The molecule has 1 atom stereocenters. The van der Waals surface area contributed by atoms with Gasteiger partial charge in [-0.3, -0.25) is 0 Å². The number of hydrogen-bond donors (Lipinski definition) is 2. The zero-order valence-corrected chi connectivity index (χ0v) is 12.6. The second-order valence-corrected chi connectivity index (χ2v) is 7.33. The van der Waals surface area contributed by atoms with E-state index in [2.05, 4.69) is 0 Å². The molecule has 0 aliphatic carbocycles. The summed E-state index contributed by atoms with van der Waals surface area (Å²) >= 11 is 0. The topological polar surface area (TPSA) is 86.9 Å². The molecule has 2 rings (SSSR count). The lowest BCUT2D eigenvalue weighted by Gasteiger charge is -2.27. The van der Waals surface area contributed by atoms with E-state index in [-0.39, 0.29) is 17.5 Å². The van der Waals surface area contributed by atoms with Crippen LogP contribution in [0.3, 0.4) is 0 Å². The highest BCUT2D eigenvalue weighted by Gasteiger charge is 2.27. The maximum Gasteiger partial charge on any atom is 0.242 e. The maximum atomic E-state index is 12.2. The molecule has 0 radical (unpaired) electrons. The summed E-state index contributed by atoms with van der Waals surface area (Å²) in [7, 11) is -0.486. The second kappa shape index (κ2) is 5.59. The number of aliphatic hydroxyl groups excluding tert-OH is 1. The van der Waals surface area contributed by atoms with Gasteiger partial charge in [-0.1, -0.05) is 0 Å². The van der Waals surface area contributed by atoms with Crippen LogP contribution in [0.15, 0.2) is 23.1 Å². The minimum Gasteiger partial charge on any atom is -0.397 e. The van der Waals surface area contributed by atoms with Gasteiger partial charge in [0.05, 0.1) is 28.9 Å². The van der Waals surface area contributed by atoms with Crippen LogP contribution in [0, 0.1) is 0 Å². The van der Waals surface area contributed by atoms with Crippen LogP contribution in [0.1, 0.15) is 12.8 Å². The highest BCUT2D eigenvalue weighted by Crippen LogP contribution is 2.32. The number of benzene rings is 1. The monoisotopic (exact) mass is 299 g/mol. The van der Waals surface area contributed by atoms with Crippen molar-refractivity contribution in [3.63, 3.8) is 0 Å².